The van der Waals surface area contributed by atoms with Gasteiger partial charge >= 0.3 is 0 Å². The first-order chi connectivity index (χ1) is 8.42. The van der Waals surface area contributed by atoms with E-state index < -0.39 is 0 Å². The quantitative estimate of drug-likeness (QED) is 0.804. The monoisotopic (exact) mass is 230 g/mol. The minimum absolute atomic E-state index is 0.382. The Bertz CT molecular complexity index is 402. The molecule has 0 radical (unpaired) electrons. The molecule has 0 saturated heterocycles. The number of anilines is 1. The molecule has 1 heterocycles. The SMILES string of the molecule is c1ccc(NC2=NC[C@@H]3CCCC[C@H]3O2)cc1. The zero-order valence-corrected chi connectivity index (χ0v) is 9.93. The van der Waals surface area contributed by atoms with Crippen LogP contribution in [0.1, 0.15) is 25.7 Å². The van der Waals surface area contributed by atoms with Gasteiger partial charge in [0.25, 0.3) is 6.02 Å². The molecule has 2 atom stereocenters. The zero-order chi connectivity index (χ0) is 11.5. The summed E-state index contributed by atoms with van der Waals surface area (Å²) in [6.45, 7) is 0.917. The van der Waals surface area contributed by atoms with Gasteiger partial charge in [-0.15, -0.1) is 0 Å². The second-order valence-electron chi connectivity index (χ2n) is 4.84. The lowest BCUT2D eigenvalue weighted by Gasteiger charge is -2.34. The van der Waals surface area contributed by atoms with Crippen molar-refractivity contribution in [2.75, 3.05) is 11.9 Å². The van der Waals surface area contributed by atoms with Gasteiger partial charge in [-0.1, -0.05) is 24.6 Å². The van der Waals surface area contributed by atoms with E-state index in [4.69, 9.17) is 4.74 Å². The molecule has 1 N–H and O–H groups in total. The predicted octanol–water partition coefficient (Wildman–Crippen LogP) is 3.04. The Morgan fingerprint density at radius 1 is 1.12 bits per heavy atom. The third-order valence-corrected chi connectivity index (χ3v) is 3.60. The lowest BCUT2D eigenvalue weighted by Crippen LogP contribution is -2.38. The van der Waals surface area contributed by atoms with Gasteiger partial charge in [0.05, 0.1) is 6.54 Å². The van der Waals surface area contributed by atoms with Crippen LogP contribution in [0, 0.1) is 5.92 Å². The highest BCUT2D eigenvalue weighted by molar-refractivity contribution is 5.89. The van der Waals surface area contributed by atoms with Gasteiger partial charge in [0.15, 0.2) is 0 Å². The third-order valence-electron chi connectivity index (χ3n) is 3.60. The summed E-state index contributed by atoms with van der Waals surface area (Å²) in [7, 11) is 0. The van der Waals surface area contributed by atoms with Gasteiger partial charge in [0.1, 0.15) is 6.10 Å². The third kappa shape index (κ3) is 2.43. The fourth-order valence-electron chi connectivity index (χ4n) is 2.63. The van der Waals surface area contributed by atoms with E-state index in [0.29, 0.717) is 18.0 Å². The van der Waals surface area contributed by atoms with Crippen molar-refractivity contribution in [2.24, 2.45) is 10.9 Å². The second-order valence-corrected chi connectivity index (χ2v) is 4.84. The summed E-state index contributed by atoms with van der Waals surface area (Å²) in [4.78, 5) is 4.49. The molecule has 0 bridgehead atoms. The van der Waals surface area contributed by atoms with Crippen molar-refractivity contribution in [3.05, 3.63) is 30.3 Å². The molecule has 90 valence electrons. The molecule has 1 saturated carbocycles. The van der Waals surface area contributed by atoms with E-state index in [1.54, 1.807) is 0 Å². The Morgan fingerprint density at radius 3 is 2.82 bits per heavy atom. The normalized spacial score (nSPS) is 27.6. The molecule has 0 aromatic heterocycles. The Hall–Kier alpha value is -1.51. The van der Waals surface area contributed by atoms with E-state index in [1.165, 1.54) is 25.7 Å². The average molecular weight is 230 g/mol. The van der Waals surface area contributed by atoms with Crippen molar-refractivity contribution >= 4 is 11.7 Å². The minimum Gasteiger partial charge on any atom is -0.461 e. The van der Waals surface area contributed by atoms with E-state index in [0.717, 1.165) is 12.2 Å². The van der Waals surface area contributed by atoms with Crippen LogP contribution < -0.4 is 5.32 Å². The number of para-hydroxylation sites is 1. The van der Waals surface area contributed by atoms with Crippen LogP contribution >= 0.6 is 0 Å². The summed E-state index contributed by atoms with van der Waals surface area (Å²) in [5.41, 5.74) is 1.04. The van der Waals surface area contributed by atoms with Gasteiger partial charge < -0.3 is 10.1 Å². The summed E-state index contributed by atoms with van der Waals surface area (Å²) in [5.74, 6) is 0.644. The number of rotatable bonds is 1. The molecule has 0 amide bonds. The topological polar surface area (TPSA) is 33.6 Å². The molecule has 17 heavy (non-hydrogen) atoms. The number of hydrogen-bond acceptors (Lipinski definition) is 3. The number of nitrogens with one attached hydrogen (secondary N) is 1. The van der Waals surface area contributed by atoms with Crippen molar-refractivity contribution in [2.45, 2.75) is 31.8 Å². The summed E-state index contributed by atoms with van der Waals surface area (Å²) in [6.07, 6.45) is 5.46. The first kappa shape index (κ1) is 10.6. The van der Waals surface area contributed by atoms with Crippen LogP contribution in [0.25, 0.3) is 0 Å². The van der Waals surface area contributed by atoms with Gasteiger partial charge in [-0.3, -0.25) is 0 Å². The van der Waals surface area contributed by atoms with Gasteiger partial charge in [0.2, 0.25) is 0 Å². The number of ether oxygens (including phenoxy) is 1. The van der Waals surface area contributed by atoms with Gasteiger partial charge in [0, 0.05) is 11.6 Å². The maximum atomic E-state index is 5.93. The molecule has 0 spiro atoms. The molecule has 0 unspecified atom stereocenters. The van der Waals surface area contributed by atoms with E-state index >= 15 is 0 Å². The van der Waals surface area contributed by atoms with Crippen LogP contribution in [0.2, 0.25) is 0 Å². The van der Waals surface area contributed by atoms with E-state index in [9.17, 15) is 0 Å². The molecule has 3 nitrogen and oxygen atoms in total. The van der Waals surface area contributed by atoms with Gasteiger partial charge in [-0.05, 0) is 31.4 Å². The molecular formula is C14H18N2O. The Labute approximate surface area is 102 Å². The van der Waals surface area contributed by atoms with Crippen molar-refractivity contribution < 1.29 is 4.74 Å². The first-order valence-corrected chi connectivity index (χ1v) is 6.45. The van der Waals surface area contributed by atoms with E-state index in [1.807, 2.05) is 30.3 Å². The van der Waals surface area contributed by atoms with E-state index in [2.05, 4.69) is 10.3 Å². The fourth-order valence-corrected chi connectivity index (χ4v) is 2.63. The summed E-state index contributed by atoms with van der Waals surface area (Å²) < 4.78 is 5.93. The Balaban J connectivity index is 1.67. The van der Waals surface area contributed by atoms with Crippen molar-refractivity contribution in [1.29, 1.82) is 0 Å². The second kappa shape index (κ2) is 4.78. The van der Waals surface area contributed by atoms with Crippen LogP contribution in [0.5, 0.6) is 0 Å². The molecular weight excluding hydrogens is 212 g/mol. The van der Waals surface area contributed by atoms with Crippen LogP contribution in [-0.4, -0.2) is 18.7 Å². The standard InChI is InChI=1S/C14H18N2O/c1-2-7-12(8-3-1)16-14-15-10-11-6-4-5-9-13(11)17-14/h1-3,7-8,11,13H,4-6,9-10H2,(H,15,16)/t11-,13+/m0/s1. The van der Waals surface area contributed by atoms with Crippen LogP contribution in [0.4, 0.5) is 5.69 Å². The molecule has 2 aliphatic rings. The van der Waals surface area contributed by atoms with Gasteiger partial charge in [-0.2, -0.15) is 0 Å². The maximum absolute atomic E-state index is 5.93. The number of fused-ring (bicyclic) bond motifs is 1. The smallest absolute Gasteiger partial charge is 0.289 e. The van der Waals surface area contributed by atoms with Gasteiger partial charge in [-0.25, -0.2) is 4.99 Å². The van der Waals surface area contributed by atoms with E-state index in [-0.39, 0.29) is 0 Å². The Morgan fingerprint density at radius 2 is 1.94 bits per heavy atom. The van der Waals surface area contributed by atoms with Crippen molar-refractivity contribution in [3.8, 4) is 0 Å². The number of amidine groups is 1. The minimum atomic E-state index is 0.382. The maximum Gasteiger partial charge on any atom is 0.289 e. The Kier molecular flexibility index (Phi) is 2.99. The summed E-state index contributed by atoms with van der Waals surface area (Å²) in [6, 6.07) is 10.8. The predicted molar refractivity (Wildman–Crippen MR) is 69.2 cm³/mol. The zero-order valence-electron chi connectivity index (χ0n) is 9.93. The summed E-state index contributed by atoms with van der Waals surface area (Å²) in [5, 5.41) is 3.24. The first-order valence-electron chi connectivity index (χ1n) is 6.45. The number of hydrogen-bond donors (Lipinski definition) is 1. The van der Waals surface area contributed by atoms with Crippen molar-refractivity contribution in [1.82, 2.24) is 0 Å². The lowest BCUT2D eigenvalue weighted by molar-refractivity contribution is 0.0718. The molecule has 1 aromatic rings. The van der Waals surface area contributed by atoms with Crippen LogP contribution in [-0.2, 0) is 4.74 Å². The molecule has 1 aromatic carbocycles. The van der Waals surface area contributed by atoms with Crippen LogP contribution in [0.15, 0.2) is 35.3 Å². The summed E-state index contributed by atoms with van der Waals surface area (Å²) >= 11 is 0. The number of aliphatic imine (C=N–C) groups is 1. The fraction of sp³-hybridized carbons (Fsp3) is 0.500. The lowest BCUT2D eigenvalue weighted by atomic mass is 9.86. The highest BCUT2D eigenvalue weighted by Gasteiger charge is 2.30. The molecule has 3 heteroatoms. The highest BCUT2D eigenvalue weighted by atomic mass is 16.5. The number of benzene rings is 1. The number of nitrogens with zero attached hydrogens (tertiary/aromatic N) is 1. The molecule has 1 aliphatic carbocycles. The molecule has 3 rings (SSSR count). The molecule has 1 aliphatic heterocycles. The largest absolute Gasteiger partial charge is 0.461 e. The van der Waals surface area contributed by atoms with Crippen molar-refractivity contribution in [3.63, 3.8) is 0 Å². The average Bonchev–Trinajstić information content (AvgIpc) is 2.40. The molecule has 1 fully saturated rings. The van der Waals surface area contributed by atoms with Crippen LogP contribution in [0.3, 0.4) is 0 Å². The highest BCUT2D eigenvalue weighted by Crippen LogP contribution is 2.29.